The Morgan fingerprint density at radius 3 is 2.64 bits per heavy atom. The maximum Gasteiger partial charge on any atom is 0.323 e. The molecular formula is C10H21NO3. The number of hydrogen-bond acceptors (Lipinski definition) is 4. The molecule has 0 saturated carbocycles. The van der Waals surface area contributed by atoms with Crippen LogP contribution in [-0.4, -0.2) is 36.9 Å². The van der Waals surface area contributed by atoms with Crippen molar-refractivity contribution in [2.45, 2.75) is 39.2 Å². The summed E-state index contributed by atoms with van der Waals surface area (Å²) in [5.74, 6) is -0.255. The highest BCUT2D eigenvalue weighted by atomic mass is 16.5. The van der Waals surface area contributed by atoms with Crippen LogP contribution in [0.15, 0.2) is 0 Å². The van der Waals surface area contributed by atoms with Gasteiger partial charge in [0, 0.05) is 6.61 Å². The summed E-state index contributed by atoms with van der Waals surface area (Å²) in [5.41, 5.74) is 0. The van der Waals surface area contributed by atoms with Gasteiger partial charge in [-0.2, -0.15) is 0 Å². The molecule has 0 radical (unpaired) electrons. The van der Waals surface area contributed by atoms with Crippen molar-refractivity contribution in [3.63, 3.8) is 0 Å². The van der Waals surface area contributed by atoms with Crippen LogP contribution in [0.3, 0.4) is 0 Å². The Balaban J connectivity index is 3.84. The SMILES string of the molecule is CCCN[C@@H](CCO)C(=O)OCCC. The number of aliphatic hydroxyl groups excluding tert-OH is 1. The highest BCUT2D eigenvalue weighted by Crippen LogP contribution is 1.96. The van der Waals surface area contributed by atoms with Crippen molar-refractivity contribution in [1.29, 1.82) is 0 Å². The van der Waals surface area contributed by atoms with Crippen LogP contribution in [0, 0.1) is 0 Å². The van der Waals surface area contributed by atoms with Crippen LogP contribution in [0.25, 0.3) is 0 Å². The van der Waals surface area contributed by atoms with Gasteiger partial charge in [0.05, 0.1) is 6.61 Å². The third-order valence-electron chi connectivity index (χ3n) is 1.79. The number of rotatable bonds is 8. The molecule has 0 bridgehead atoms. The average Bonchev–Trinajstić information content (AvgIpc) is 2.20. The topological polar surface area (TPSA) is 58.6 Å². The molecular weight excluding hydrogens is 182 g/mol. The van der Waals surface area contributed by atoms with Gasteiger partial charge in [0.2, 0.25) is 0 Å². The smallest absolute Gasteiger partial charge is 0.323 e. The van der Waals surface area contributed by atoms with Crippen LogP contribution >= 0.6 is 0 Å². The van der Waals surface area contributed by atoms with Crippen molar-refractivity contribution in [2.24, 2.45) is 0 Å². The van der Waals surface area contributed by atoms with E-state index < -0.39 is 0 Å². The molecule has 84 valence electrons. The number of aliphatic hydroxyl groups is 1. The van der Waals surface area contributed by atoms with E-state index in [-0.39, 0.29) is 18.6 Å². The van der Waals surface area contributed by atoms with Crippen molar-refractivity contribution >= 4 is 5.97 Å². The van der Waals surface area contributed by atoms with Crippen LogP contribution in [0.4, 0.5) is 0 Å². The summed E-state index contributed by atoms with van der Waals surface area (Å²) >= 11 is 0. The van der Waals surface area contributed by atoms with E-state index in [1.54, 1.807) is 0 Å². The van der Waals surface area contributed by atoms with E-state index in [0.717, 1.165) is 19.4 Å². The second kappa shape index (κ2) is 8.97. The Morgan fingerprint density at radius 1 is 1.43 bits per heavy atom. The highest BCUT2D eigenvalue weighted by Gasteiger charge is 2.17. The van der Waals surface area contributed by atoms with E-state index >= 15 is 0 Å². The fraction of sp³-hybridized carbons (Fsp3) is 0.900. The molecule has 1 atom stereocenters. The highest BCUT2D eigenvalue weighted by molar-refractivity contribution is 5.75. The minimum atomic E-state index is -0.355. The van der Waals surface area contributed by atoms with Crippen LogP contribution in [0.2, 0.25) is 0 Å². The Kier molecular flexibility index (Phi) is 8.57. The normalized spacial score (nSPS) is 12.5. The molecule has 0 aromatic rings. The standard InChI is InChI=1S/C10H21NO3/c1-3-6-11-9(5-7-12)10(13)14-8-4-2/h9,11-12H,3-8H2,1-2H3/t9-/m0/s1. The number of ether oxygens (including phenoxy) is 1. The molecule has 14 heavy (non-hydrogen) atoms. The first-order chi connectivity index (χ1) is 6.76. The summed E-state index contributed by atoms with van der Waals surface area (Å²) in [6, 6.07) is -0.355. The lowest BCUT2D eigenvalue weighted by Crippen LogP contribution is -2.39. The molecule has 0 amide bonds. The second-order valence-corrected chi connectivity index (χ2v) is 3.19. The lowest BCUT2D eigenvalue weighted by atomic mass is 10.2. The lowest BCUT2D eigenvalue weighted by Gasteiger charge is -2.15. The van der Waals surface area contributed by atoms with E-state index in [9.17, 15) is 4.79 Å². The fourth-order valence-electron chi connectivity index (χ4n) is 1.05. The third-order valence-corrected chi connectivity index (χ3v) is 1.79. The molecule has 0 rings (SSSR count). The van der Waals surface area contributed by atoms with Crippen LogP contribution < -0.4 is 5.32 Å². The second-order valence-electron chi connectivity index (χ2n) is 3.19. The molecule has 0 aromatic carbocycles. The van der Waals surface area contributed by atoms with Gasteiger partial charge in [0.1, 0.15) is 6.04 Å². The van der Waals surface area contributed by atoms with Gasteiger partial charge in [0.15, 0.2) is 0 Å². The molecule has 0 fully saturated rings. The van der Waals surface area contributed by atoms with Gasteiger partial charge in [-0.3, -0.25) is 4.79 Å². The summed E-state index contributed by atoms with van der Waals surface area (Å²) in [6.45, 7) is 5.21. The quantitative estimate of drug-likeness (QED) is 0.570. The minimum absolute atomic E-state index is 0.00259. The van der Waals surface area contributed by atoms with Crippen LogP contribution in [0.5, 0.6) is 0 Å². The largest absolute Gasteiger partial charge is 0.465 e. The Labute approximate surface area is 85.6 Å². The van der Waals surface area contributed by atoms with E-state index in [4.69, 9.17) is 9.84 Å². The van der Waals surface area contributed by atoms with Gasteiger partial charge in [-0.15, -0.1) is 0 Å². The third kappa shape index (κ3) is 5.94. The van der Waals surface area contributed by atoms with E-state index in [2.05, 4.69) is 5.32 Å². The molecule has 0 aliphatic rings. The van der Waals surface area contributed by atoms with Gasteiger partial charge in [-0.1, -0.05) is 13.8 Å². The van der Waals surface area contributed by atoms with Crippen molar-refractivity contribution in [3.05, 3.63) is 0 Å². The van der Waals surface area contributed by atoms with Crippen molar-refractivity contribution in [3.8, 4) is 0 Å². The number of nitrogens with one attached hydrogen (secondary N) is 1. The van der Waals surface area contributed by atoms with Gasteiger partial charge in [-0.25, -0.2) is 0 Å². The summed E-state index contributed by atoms with van der Waals surface area (Å²) in [7, 11) is 0. The van der Waals surface area contributed by atoms with Gasteiger partial charge in [-0.05, 0) is 25.8 Å². The maximum atomic E-state index is 11.4. The van der Waals surface area contributed by atoms with Gasteiger partial charge >= 0.3 is 5.97 Å². The summed E-state index contributed by atoms with van der Waals surface area (Å²) in [4.78, 5) is 11.4. The predicted octanol–water partition coefficient (Wildman–Crippen LogP) is 0.690. The fourth-order valence-corrected chi connectivity index (χ4v) is 1.05. The first kappa shape index (κ1) is 13.4. The molecule has 0 aliphatic heterocycles. The molecule has 0 saturated heterocycles. The maximum absolute atomic E-state index is 11.4. The Morgan fingerprint density at radius 2 is 2.14 bits per heavy atom. The monoisotopic (exact) mass is 203 g/mol. The van der Waals surface area contributed by atoms with Gasteiger partial charge < -0.3 is 15.2 Å². The molecule has 0 unspecified atom stereocenters. The number of hydrogen-bond donors (Lipinski definition) is 2. The van der Waals surface area contributed by atoms with Crippen LogP contribution in [-0.2, 0) is 9.53 Å². The number of esters is 1. The van der Waals surface area contributed by atoms with Crippen LogP contribution in [0.1, 0.15) is 33.1 Å². The first-order valence-electron chi connectivity index (χ1n) is 5.27. The van der Waals surface area contributed by atoms with Gasteiger partial charge in [0.25, 0.3) is 0 Å². The molecule has 4 heteroatoms. The van der Waals surface area contributed by atoms with E-state index in [1.165, 1.54) is 0 Å². The Bertz CT molecular complexity index is 150. The van der Waals surface area contributed by atoms with E-state index in [1.807, 2.05) is 13.8 Å². The average molecular weight is 203 g/mol. The summed E-state index contributed by atoms with van der Waals surface area (Å²) in [5, 5.41) is 11.8. The molecule has 0 aromatic heterocycles. The zero-order chi connectivity index (χ0) is 10.8. The van der Waals surface area contributed by atoms with Crippen molar-refractivity contribution < 1.29 is 14.6 Å². The summed E-state index contributed by atoms with van der Waals surface area (Å²) in [6.07, 6.45) is 2.21. The molecule has 4 nitrogen and oxygen atoms in total. The minimum Gasteiger partial charge on any atom is -0.465 e. The number of carbonyl (C=O) groups excluding carboxylic acids is 1. The number of carbonyl (C=O) groups is 1. The van der Waals surface area contributed by atoms with E-state index in [0.29, 0.717) is 13.0 Å². The lowest BCUT2D eigenvalue weighted by molar-refractivity contribution is -0.146. The Hall–Kier alpha value is -0.610. The first-order valence-corrected chi connectivity index (χ1v) is 5.27. The molecule has 0 aliphatic carbocycles. The zero-order valence-corrected chi connectivity index (χ0v) is 9.08. The van der Waals surface area contributed by atoms with Crippen molar-refractivity contribution in [1.82, 2.24) is 5.32 Å². The van der Waals surface area contributed by atoms with Crippen molar-refractivity contribution in [2.75, 3.05) is 19.8 Å². The zero-order valence-electron chi connectivity index (χ0n) is 9.08. The predicted molar refractivity (Wildman–Crippen MR) is 55.0 cm³/mol. The summed E-state index contributed by atoms with van der Waals surface area (Å²) < 4.78 is 4.99. The molecule has 0 heterocycles. The molecule has 2 N–H and O–H groups in total. The molecule has 0 spiro atoms.